The number of rotatable bonds is 6. The normalized spacial score (nSPS) is 10.8. The number of hydrogen-bond acceptors (Lipinski definition) is 2. The average Bonchev–Trinajstić information content (AvgIpc) is 3.01. The summed E-state index contributed by atoms with van der Waals surface area (Å²) in [6.07, 6.45) is 0. The standard InChI is InChI=1S/C21H27N2.2ClH.Ru/c1-5-22(6-2)18-9-11-20-16(14-18)13-17-15-19(10-12-21(17)20)23(7-3)8-4;;;/h9-15H,5-8H2,1-4H3;2*1H;/q-1;;;+2/p-2. The molecule has 0 aliphatic heterocycles. The molecule has 0 heterocycles. The van der Waals surface area contributed by atoms with Crippen molar-refractivity contribution < 1.29 is 15.1 Å². The SMILES string of the molecule is CCN(CC)c1ccc2c(c1)[cH-]c1cc(N(CC)CC)ccc12.[Cl][Ru][Cl]. The molecule has 0 spiro atoms. The maximum absolute atomic E-state index is 4.85. The fourth-order valence-corrected chi connectivity index (χ4v) is 3.57. The summed E-state index contributed by atoms with van der Waals surface area (Å²) in [5.74, 6) is 0. The molecule has 144 valence electrons. The Morgan fingerprint density at radius 3 is 1.38 bits per heavy atom. The molecule has 0 saturated heterocycles. The van der Waals surface area contributed by atoms with Crippen molar-refractivity contribution in [1.29, 1.82) is 0 Å². The molecule has 3 aromatic carbocycles. The van der Waals surface area contributed by atoms with Crippen molar-refractivity contribution in [2.24, 2.45) is 0 Å². The number of benzene rings is 2. The monoisotopic (exact) mass is 479 g/mol. The molecule has 0 aliphatic carbocycles. The molecule has 0 bridgehead atoms. The van der Waals surface area contributed by atoms with Crippen LogP contribution in [0.3, 0.4) is 0 Å². The van der Waals surface area contributed by atoms with Crippen molar-refractivity contribution in [2.45, 2.75) is 27.7 Å². The van der Waals surface area contributed by atoms with Crippen LogP contribution in [0.15, 0.2) is 42.5 Å². The third-order valence-corrected chi connectivity index (χ3v) is 4.93. The van der Waals surface area contributed by atoms with Crippen LogP contribution < -0.4 is 9.80 Å². The van der Waals surface area contributed by atoms with Gasteiger partial charge in [0.2, 0.25) is 0 Å². The van der Waals surface area contributed by atoms with E-state index in [0.717, 1.165) is 26.2 Å². The first-order valence-corrected chi connectivity index (χ1v) is 13.6. The predicted octanol–water partition coefficient (Wildman–Crippen LogP) is 6.78. The zero-order valence-corrected chi connectivity index (χ0v) is 19.1. The van der Waals surface area contributed by atoms with Crippen LogP contribution >= 0.6 is 19.4 Å². The second kappa shape index (κ2) is 10.4. The minimum atomic E-state index is -0.346. The zero-order valence-electron chi connectivity index (χ0n) is 15.9. The van der Waals surface area contributed by atoms with Gasteiger partial charge in [-0.15, -0.1) is 27.6 Å². The first-order valence-electron chi connectivity index (χ1n) is 9.11. The molecule has 0 unspecified atom stereocenters. The summed E-state index contributed by atoms with van der Waals surface area (Å²) in [6, 6.07) is 16.1. The number of nitrogens with zero attached hydrogens (tertiary/aromatic N) is 2. The topological polar surface area (TPSA) is 6.48 Å². The molecule has 0 atom stereocenters. The van der Waals surface area contributed by atoms with E-state index < -0.39 is 0 Å². The summed E-state index contributed by atoms with van der Waals surface area (Å²) < 4.78 is 0. The second-order valence-electron chi connectivity index (χ2n) is 6.08. The Kier molecular flexibility index (Phi) is 8.61. The van der Waals surface area contributed by atoms with Gasteiger partial charge >= 0.3 is 34.5 Å². The van der Waals surface area contributed by atoms with E-state index in [-0.39, 0.29) is 15.1 Å². The Morgan fingerprint density at radius 1 is 0.731 bits per heavy atom. The van der Waals surface area contributed by atoms with Gasteiger partial charge in [-0.1, -0.05) is 36.4 Å². The van der Waals surface area contributed by atoms with E-state index in [9.17, 15) is 0 Å². The van der Waals surface area contributed by atoms with E-state index in [1.54, 1.807) is 0 Å². The van der Waals surface area contributed by atoms with E-state index in [0.29, 0.717) is 0 Å². The summed E-state index contributed by atoms with van der Waals surface area (Å²) in [6.45, 7) is 13.1. The molecule has 3 aromatic rings. The minimum absolute atomic E-state index is 0.346. The van der Waals surface area contributed by atoms with Gasteiger partial charge in [0.05, 0.1) is 0 Å². The van der Waals surface area contributed by atoms with Crippen LogP contribution in [0.4, 0.5) is 11.4 Å². The number of halogens is 2. The Balaban J connectivity index is 0.000000758. The predicted molar refractivity (Wildman–Crippen MR) is 116 cm³/mol. The van der Waals surface area contributed by atoms with Crippen LogP contribution in [0.5, 0.6) is 0 Å². The van der Waals surface area contributed by atoms with Crippen molar-refractivity contribution in [2.75, 3.05) is 36.0 Å². The molecule has 2 nitrogen and oxygen atoms in total. The molecular weight excluding hydrogens is 452 g/mol. The van der Waals surface area contributed by atoms with E-state index in [1.807, 2.05) is 0 Å². The van der Waals surface area contributed by atoms with Crippen LogP contribution in [0.2, 0.25) is 0 Å². The quantitative estimate of drug-likeness (QED) is 0.284. The fraction of sp³-hybridized carbons (Fsp3) is 0.381. The van der Waals surface area contributed by atoms with E-state index in [4.69, 9.17) is 19.4 Å². The van der Waals surface area contributed by atoms with Gasteiger partial charge in [0.15, 0.2) is 0 Å². The van der Waals surface area contributed by atoms with E-state index in [1.165, 1.54) is 32.9 Å². The Labute approximate surface area is 173 Å². The van der Waals surface area contributed by atoms with Crippen LogP contribution in [-0.2, 0) is 15.1 Å². The maximum atomic E-state index is 4.85. The zero-order chi connectivity index (χ0) is 19.1. The van der Waals surface area contributed by atoms with Gasteiger partial charge in [0.25, 0.3) is 0 Å². The third kappa shape index (κ3) is 4.69. The summed E-state index contributed by atoms with van der Waals surface area (Å²) in [5, 5.41) is 5.42. The first-order chi connectivity index (χ1) is 12.6. The Morgan fingerprint density at radius 2 is 1.08 bits per heavy atom. The number of hydrogen-bond donors (Lipinski definition) is 0. The third-order valence-electron chi connectivity index (χ3n) is 4.93. The summed E-state index contributed by atoms with van der Waals surface area (Å²) in [5.41, 5.74) is 2.64. The molecule has 3 rings (SSSR count). The van der Waals surface area contributed by atoms with E-state index >= 15 is 0 Å². The fourth-order valence-electron chi connectivity index (χ4n) is 3.57. The van der Waals surface area contributed by atoms with Gasteiger partial charge in [-0.2, -0.15) is 0 Å². The van der Waals surface area contributed by atoms with Crippen LogP contribution in [-0.4, -0.2) is 26.2 Å². The summed E-state index contributed by atoms with van der Waals surface area (Å²) in [4.78, 5) is 4.80. The van der Waals surface area contributed by atoms with Crippen LogP contribution in [0.1, 0.15) is 27.7 Å². The summed E-state index contributed by atoms with van der Waals surface area (Å²) >= 11 is -0.346. The Hall–Kier alpha value is -0.887. The molecular formula is C21H27Cl2N2Ru-. The van der Waals surface area contributed by atoms with Crippen molar-refractivity contribution in [3.05, 3.63) is 42.5 Å². The van der Waals surface area contributed by atoms with Gasteiger partial charge in [0, 0.05) is 37.6 Å². The molecule has 0 aromatic heterocycles. The molecule has 0 amide bonds. The van der Waals surface area contributed by atoms with Crippen molar-refractivity contribution >= 4 is 52.3 Å². The number of anilines is 2. The van der Waals surface area contributed by atoms with E-state index in [2.05, 4.69) is 80.0 Å². The van der Waals surface area contributed by atoms with Crippen molar-refractivity contribution in [1.82, 2.24) is 0 Å². The molecule has 0 radical (unpaired) electrons. The van der Waals surface area contributed by atoms with Crippen molar-refractivity contribution in [3.63, 3.8) is 0 Å². The van der Waals surface area contributed by atoms with Crippen LogP contribution in [0, 0.1) is 0 Å². The van der Waals surface area contributed by atoms with Gasteiger partial charge < -0.3 is 9.80 Å². The summed E-state index contributed by atoms with van der Waals surface area (Å²) in [7, 11) is 9.71. The second-order valence-corrected chi connectivity index (χ2v) is 8.72. The molecule has 5 heteroatoms. The van der Waals surface area contributed by atoms with Gasteiger partial charge in [-0.3, -0.25) is 0 Å². The molecule has 26 heavy (non-hydrogen) atoms. The van der Waals surface area contributed by atoms with Crippen molar-refractivity contribution in [3.8, 4) is 0 Å². The van der Waals surface area contributed by atoms with Gasteiger partial charge in [-0.25, -0.2) is 0 Å². The number of fused-ring (bicyclic) bond motifs is 3. The Bertz CT molecular complexity index is 757. The first kappa shape index (κ1) is 21.4. The van der Waals surface area contributed by atoms with Crippen LogP contribution in [0.25, 0.3) is 21.5 Å². The molecule has 0 aliphatic rings. The molecule has 0 saturated carbocycles. The molecule has 0 fully saturated rings. The van der Waals surface area contributed by atoms with Gasteiger partial charge in [0.1, 0.15) is 0 Å². The van der Waals surface area contributed by atoms with Gasteiger partial charge in [-0.05, 0) is 27.7 Å². The average molecular weight is 479 g/mol. The molecule has 0 N–H and O–H groups in total.